The zero-order valence-corrected chi connectivity index (χ0v) is 17.7. The zero-order chi connectivity index (χ0) is 20.4. The van der Waals surface area contributed by atoms with Crippen molar-refractivity contribution in [3.63, 3.8) is 0 Å². The standard InChI is InChI=1S/C23H26FNO3S/c1-25-21(29)7-6-16-4-3-5-17(22(16)25)15-28-20-13-18(12-19(24)14-20)23(26-2)8-10-27-11-9-23/h3-5,12-14H,6-11,15H2,1-2H3. The molecule has 0 bridgehead atoms. The van der Waals surface area contributed by atoms with Gasteiger partial charge >= 0.3 is 0 Å². The lowest BCUT2D eigenvalue weighted by molar-refractivity contribution is -0.0950. The minimum Gasteiger partial charge on any atom is -0.489 e. The number of thiocarbonyl (C=S) groups is 1. The van der Waals surface area contributed by atoms with Crippen LogP contribution in [0.3, 0.4) is 0 Å². The third-order valence-electron chi connectivity index (χ3n) is 6.00. The fourth-order valence-corrected chi connectivity index (χ4v) is 4.50. The molecule has 0 radical (unpaired) electrons. The zero-order valence-electron chi connectivity index (χ0n) is 16.9. The minimum atomic E-state index is -0.531. The Morgan fingerprint density at radius 2 is 1.97 bits per heavy atom. The van der Waals surface area contributed by atoms with Gasteiger partial charge in [0.1, 0.15) is 18.2 Å². The van der Waals surface area contributed by atoms with Crippen LogP contribution >= 0.6 is 12.2 Å². The average Bonchev–Trinajstić information content (AvgIpc) is 2.75. The number of rotatable bonds is 5. The smallest absolute Gasteiger partial charge is 0.127 e. The van der Waals surface area contributed by atoms with Gasteiger partial charge in [0.15, 0.2) is 0 Å². The molecule has 0 amide bonds. The van der Waals surface area contributed by atoms with E-state index in [2.05, 4.69) is 11.0 Å². The summed E-state index contributed by atoms with van der Waals surface area (Å²) in [5.74, 6) is 0.176. The number of aryl methyl sites for hydroxylation is 1. The molecule has 4 rings (SSSR count). The molecule has 154 valence electrons. The normalized spacial score (nSPS) is 18.4. The van der Waals surface area contributed by atoms with E-state index in [1.165, 1.54) is 17.7 Å². The summed E-state index contributed by atoms with van der Waals surface area (Å²) in [7, 11) is 3.67. The van der Waals surface area contributed by atoms with Gasteiger partial charge in [-0.1, -0.05) is 30.4 Å². The molecule has 0 aromatic heterocycles. The lowest BCUT2D eigenvalue weighted by Gasteiger charge is -2.36. The predicted molar refractivity (Wildman–Crippen MR) is 115 cm³/mol. The Bertz CT molecular complexity index is 911. The van der Waals surface area contributed by atoms with Crippen molar-refractivity contribution in [2.45, 2.75) is 37.9 Å². The number of ether oxygens (including phenoxy) is 3. The Kier molecular flexibility index (Phi) is 5.86. The lowest BCUT2D eigenvalue weighted by Crippen LogP contribution is -2.35. The Balaban J connectivity index is 1.59. The second-order valence-corrected chi connectivity index (χ2v) is 8.12. The van der Waals surface area contributed by atoms with Crippen LogP contribution < -0.4 is 9.64 Å². The molecular formula is C23H26FNO3S. The average molecular weight is 416 g/mol. The van der Waals surface area contributed by atoms with Gasteiger partial charge in [0.05, 0.1) is 16.3 Å². The first kappa shape index (κ1) is 20.3. The first-order valence-electron chi connectivity index (χ1n) is 9.96. The van der Waals surface area contributed by atoms with Gasteiger partial charge in [0.2, 0.25) is 0 Å². The molecular weight excluding hydrogens is 389 g/mol. The molecule has 2 aromatic carbocycles. The molecule has 2 heterocycles. The Hall–Kier alpha value is -2.02. The number of anilines is 1. The highest BCUT2D eigenvalue weighted by Gasteiger charge is 2.35. The van der Waals surface area contributed by atoms with Crippen molar-refractivity contribution in [1.29, 1.82) is 0 Å². The molecule has 4 nitrogen and oxygen atoms in total. The Labute approximate surface area is 176 Å². The topological polar surface area (TPSA) is 30.9 Å². The number of methoxy groups -OCH3 is 1. The SMILES string of the molecule is COC1(c2cc(F)cc(OCc3cccc4c3N(C)C(=S)CC4)c2)CCOCC1. The first-order chi connectivity index (χ1) is 14.0. The van der Waals surface area contributed by atoms with Gasteiger partial charge in [-0.3, -0.25) is 0 Å². The van der Waals surface area contributed by atoms with Crippen LogP contribution in [0.15, 0.2) is 36.4 Å². The molecule has 1 fully saturated rings. The largest absolute Gasteiger partial charge is 0.489 e. The number of benzene rings is 2. The highest BCUT2D eigenvalue weighted by molar-refractivity contribution is 7.80. The van der Waals surface area contributed by atoms with Gasteiger partial charge in [-0.05, 0) is 29.7 Å². The molecule has 0 aliphatic carbocycles. The van der Waals surface area contributed by atoms with Gasteiger partial charge in [-0.25, -0.2) is 4.39 Å². The van der Waals surface area contributed by atoms with Gasteiger partial charge < -0.3 is 19.1 Å². The monoisotopic (exact) mass is 415 g/mol. The van der Waals surface area contributed by atoms with Crippen LogP contribution in [0.2, 0.25) is 0 Å². The maximum Gasteiger partial charge on any atom is 0.127 e. The molecule has 0 unspecified atom stereocenters. The summed E-state index contributed by atoms with van der Waals surface area (Å²) in [6.07, 6.45) is 3.22. The van der Waals surface area contributed by atoms with E-state index in [9.17, 15) is 4.39 Å². The number of halogens is 1. The number of fused-ring (bicyclic) bond motifs is 1. The molecule has 6 heteroatoms. The van der Waals surface area contributed by atoms with Crippen molar-refractivity contribution in [2.24, 2.45) is 0 Å². The van der Waals surface area contributed by atoms with Crippen LogP contribution in [-0.4, -0.2) is 32.4 Å². The summed E-state index contributed by atoms with van der Waals surface area (Å²) in [4.78, 5) is 2.99. The third-order valence-corrected chi connectivity index (χ3v) is 6.48. The van der Waals surface area contributed by atoms with Crippen molar-refractivity contribution in [2.75, 3.05) is 32.3 Å². The van der Waals surface area contributed by atoms with E-state index in [1.54, 1.807) is 7.11 Å². The molecule has 2 aliphatic heterocycles. The third kappa shape index (κ3) is 4.02. The first-order valence-corrected chi connectivity index (χ1v) is 10.4. The quantitative estimate of drug-likeness (QED) is 0.657. The van der Waals surface area contributed by atoms with Crippen LogP contribution in [-0.2, 0) is 28.1 Å². The second kappa shape index (κ2) is 8.38. The van der Waals surface area contributed by atoms with Crippen LogP contribution in [0.25, 0.3) is 0 Å². The van der Waals surface area contributed by atoms with Gasteiger partial charge in [0.25, 0.3) is 0 Å². The molecule has 2 aromatic rings. The molecule has 0 saturated carbocycles. The van der Waals surface area contributed by atoms with Crippen molar-refractivity contribution >= 4 is 22.9 Å². The van der Waals surface area contributed by atoms with Crippen LogP contribution in [0.1, 0.15) is 36.0 Å². The van der Waals surface area contributed by atoms with Gasteiger partial charge in [-0.15, -0.1) is 0 Å². The fraction of sp³-hybridized carbons (Fsp3) is 0.435. The van der Waals surface area contributed by atoms with E-state index in [-0.39, 0.29) is 5.82 Å². The number of hydrogen-bond acceptors (Lipinski definition) is 4. The van der Waals surface area contributed by atoms with Crippen LogP contribution in [0, 0.1) is 5.82 Å². The van der Waals surface area contributed by atoms with Gasteiger partial charge in [-0.2, -0.15) is 0 Å². The Morgan fingerprint density at radius 1 is 1.17 bits per heavy atom. The van der Waals surface area contributed by atoms with Crippen LogP contribution in [0.5, 0.6) is 5.75 Å². The predicted octanol–water partition coefficient (Wildman–Crippen LogP) is 4.77. The Morgan fingerprint density at radius 3 is 2.72 bits per heavy atom. The maximum absolute atomic E-state index is 14.4. The minimum absolute atomic E-state index is 0.325. The lowest BCUT2D eigenvalue weighted by atomic mass is 9.86. The molecule has 1 saturated heterocycles. The summed E-state index contributed by atoms with van der Waals surface area (Å²) in [6, 6.07) is 11.1. The van der Waals surface area contributed by atoms with Crippen molar-refractivity contribution in [3.8, 4) is 5.75 Å². The summed E-state index contributed by atoms with van der Waals surface area (Å²) < 4.78 is 31.7. The summed E-state index contributed by atoms with van der Waals surface area (Å²) in [6.45, 7) is 1.55. The number of hydrogen-bond donors (Lipinski definition) is 0. The van der Waals surface area contributed by atoms with Crippen molar-refractivity contribution < 1.29 is 18.6 Å². The summed E-state index contributed by atoms with van der Waals surface area (Å²) in [5, 5.41) is 0. The van der Waals surface area contributed by atoms with Crippen molar-refractivity contribution in [3.05, 3.63) is 58.9 Å². The van der Waals surface area contributed by atoms with E-state index >= 15 is 0 Å². The summed E-state index contributed by atoms with van der Waals surface area (Å²) in [5.41, 5.74) is 3.69. The second-order valence-electron chi connectivity index (χ2n) is 7.65. The highest BCUT2D eigenvalue weighted by atomic mass is 32.1. The van der Waals surface area contributed by atoms with Crippen LogP contribution in [0.4, 0.5) is 10.1 Å². The van der Waals surface area contributed by atoms with Gasteiger partial charge in [0, 0.05) is 58.3 Å². The molecule has 0 N–H and O–H groups in total. The molecule has 29 heavy (non-hydrogen) atoms. The number of nitrogens with zero attached hydrogens (tertiary/aromatic N) is 1. The van der Waals surface area contributed by atoms with E-state index < -0.39 is 5.60 Å². The number of para-hydroxylation sites is 1. The van der Waals surface area contributed by atoms with E-state index in [1.807, 2.05) is 25.2 Å². The van der Waals surface area contributed by atoms with E-state index in [0.29, 0.717) is 38.4 Å². The molecule has 0 atom stereocenters. The maximum atomic E-state index is 14.4. The molecule has 0 spiro atoms. The van der Waals surface area contributed by atoms with E-state index in [4.69, 9.17) is 26.4 Å². The molecule has 2 aliphatic rings. The van der Waals surface area contributed by atoms with Crippen molar-refractivity contribution in [1.82, 2.24) is 0 Å². The fourth-order valence-electron chi connectivity index (χ4n) is 4.31. The van der Waals surface area contributed by atoms with E-state index in [0.717, 1.165) is 34.6 Å². The summed E-state index contributed by atoms with van der Waals surface area (Å²) >= 11 is 5.49. The highest BCUT2D eigenvalue weighted by Crippen LogP contribution is 2.38.